The van der Waals surface area contributed by atoms with Crippen LogP contribution in [-0.4, -0.2) is 24.4 Å². The second-order valence-corrected chi connectivity index (χ2v) is 5.82. The number of carbonyl (C=O) groups is 3. The monoisotopic (exact) mass is 378 g/mol. The second kappa shape index (κ2) is 8.96. The van der Waals surface area contributed by atoms with E-state index in [1.54, 1.807) is 24.3 Å². The first-order chi connectivity index (χ1) is 12.4. The molecule has 2 aromatic carbocycles. The van der Waals surface area contributed by atoms with Crippen LogP contribution < -0.4 is 11.1 Å². The molecule has 0 aromatic heterocycles. The lowest BCUT2D eigenvalue weighted by Crippen LogP contribution is -2.34. The minimum atomic E-state index is -0.819. The van der Waals surface area contributed by atoms with Crippen molar-refractivity contribution in [3.8, 4) is 0 Å². The lowest BCUT2D eigenvalue weighted by atomic mass is 10.0. The Labute approximate surface area is 154 Å². The van der Waals surface area contributed by atoms with E-state index < -0.39 is 36.2 Å². The molecule has 0 spiro atoms. The number of ketones is 1. The van der Waals surface area contributed by atoms with Gasteiger partial charge in [-0.25, -0.2) is 9.18 Å². The van der Waals surface area contributed by atoms with Crippen molar-refractivity contribution in [2.75, 3.05) is 6.61 Å². The van der Waals surface area contributed by atoms with Crippen molar-refractivity contribution >= 4 is 29.4 Å². The second-order valence-electron chi connectivity index (χ2n) is 5.38. The van der Waals surface area contributed by atoms with Crippen LogP contribution in [0.15, 0.2) is 48.5 Å². The Morgan fingerprint density at radius 3 is 2.38 bits per heavy atom. The number of primary amides is 1. The molecule has 0 aliphatic heterocycles. The smallest absolute Gasteiger partial charge is 0.312 e. The van der Waals surface area contributed by atoms with Crippen molar-refractivity contribution in [1.82, 2.24) is 5.32 Å². The molecule has 0 fully saturated rings. The fourth-order valence-corrected chi connectivity index (χ4v) is 2.38. The topological polar surface area (TPSA) is 98.5 Å². The summed E-state index contributed by atoms with van der Waals surface area (Å²) in [6.07, 6.45) is -0.255. The molecule has 0 unspecified atom stereocenters. The zero-order chi connectivity index (χ0) is 19.1. The van der Waals surface area contributed by atoms with E-state index in [4.69, 9.17) is 22.1 Å². The summed E-state index contributed by atoms with van der Waals surface area (Å²) < 4.78 is 18.4. The summed E-state index contributed by atoms with van der Waals surface area (Å²) in [6.45, 7) is -0.607. The van der Waals surface area contributed by atoms with Crippen LogP contribution >= 0.6 is 11.6 Å². The van der Waals surface area contributed by atoms with Crippen LogP contribution in [0.1, 0.15) is 28.4 Å². The highest BCUT2D eigenvalue weighted by Crippen LogP contribution is 2.20. The Kier molecular flexibility index (Phi) is 6.68. The van der Waals surface area contributed by atoms with Crippen molar-refractivity contribution in [2.45, 2.75) is 12.5 Å². The van der Waals surface area contributed by atoms with Gasteiger partial charge < -0.3 is 15.8 Å². The molecule has 0 saturated heterocycles. The van der Waals surface area contributed by atoms with Crippen LogP contribution in [-0.2, 0) is 9.53 Å². The molecular formula is C18H16ClFN2O4. The van der Waals surface area contributed by atoms with Gasteiger partial charge in [0.15, 0.2) is 6.61 Å². The predicted octanol–water partition coefficient (Wildman–Crippen LogP) is 3.00. The molecule has 8 heteroatoms. The molecule has 2 aromatic rings. The van der Waals surface area contributed by atoms with Gasteiger partial charge in [-0.05, 0) is 29.8 Å². The van der Waals surface area contributed by atoms with E-state index in [-0.39, 0.29) is 12.0 Å². The van der Waals surface area contributed by atoms with Crippen LogP contribution in [0.5, 0.6) is 0 Å². The van der Waals surface area contributed by atoms with E-state index in [9.17, 15) is 18.8 Å². The van der Waals surface area contributed by atoms with Crippen LogP contribution in [0.3, 0.4) is 0 Å². The Hall–Kier alpha value is -2.93. The average Bonchev–Trinajstić information content (AvgIpc) is 2.60. The number of ether oxygens (including phenoxy) is 1. The maximum absolute atomic E-state index is 13.5. The highest BCUT2D eigenvalue weighted by atomic mass is 35.5. The SMILES string of the molecule is NC(=O)N[C@H](CC(=O)OCC(=O)c1ccccc1F)c1ccc(Cl)cc1. The summed E-state index contributed by atoms with van der Waals surface area (Å²) in [4.78, 5) is 35.1. The molecule has 136 valence electrons. The number of hydrogen-bond donors (Lipinski definition) is 2. The summed E-state index contributed by atoms with van der Waals surface area (Å²) in [6, 6.07) is 10.3. The first-order valence-electron chi connectivity index (χ1n) is 7.61. The molecule has 0 aliphatic rings. The first kappa shape index (κ1) is 19.4. The number of hydrogen-bond acceptors (Lipinski definition) is 4. The molecule has 2 amide bonds. The molecule has 3 N–H and O–H groups in total. The molecule has 6 nitrogen and oxygen atoms in total. The molecule has 0 saturated carbocycles. The quantitative estimate of drug-likeness (QED) is 0.571. The molecule has 0 bridgehead atoms. The molecule has 0 radical (unpaired) electrons. The average molecular weight is 379 g/mol. The zero-order valence-corrected chi connectivity index (χ0v) is 14.3. The molecule has 26 heavy (non-hydrogen) atoms. The van der Waals surface area contributed by atoms with E-state index in [0.29, 0.717) is 10.6 Å². The third-order valence-electron chi connectivity index (χ3n) is 3.50. The van der Waals surface area contributed by atoms with Crippen LogP contribution in [0.4, 0.5) is 9.18 Å². The minimum absolute atomic E-state index is 0.162. The number of carbonyl (C=O) groups excluding carboxylic acids is 3. The van der Waals surface area contributed by atoms with E-state index >= 15 is 0 Å². The Morgan fingerprint density at radius 2 is 1.77 bits per heavy atom. The first-order valence-corrected chi connectivity index (χ1v) is 7.99. The van der Waals surface area contributed by atoms with Gasteiger partial charge in [0.1, 0.15) is 5.82 Å². The van der Waals surface area contributed by atoms with Gasteiger partial charge in [0.2, 0.25) is 5.78 Å². The van der Waals surface area contributed by atoms with Crippen molar-refractivity contribution < 1.29 is 23.5 Å². The van der Waals surface area contributed by atoms with E-state index in [1.165, 1.54) is 18.2 Å². The third-order valence-corrected chi connectivity index (χ3v) is 3.75. The van der Waals surface area contributed by atoms with E-state index in [0.717, 1.165) is 6.07 Å². The molecule has 1 atom stereocenters. The lowest BCUT2D eigenvalue weighted by molar-refractivity contribution is -0.143. The van der Waals surface area contributed by atoms with Crippen molar-refractivity contribution in [1.29, 1.82) is 0 Å². The van der Waals surface area contributed by atoms with Gasteiger partial charge in [-0.15, -0.1) is 0 Å². The molecule has 0 heterocycles. The van der Waals surface area contributed by atoms with Gasteiger partial charge in [0.05, 0.1) is 18.0 Å². The maximum Gasteiger partial charge on any atom is 0.312 e. The zero-order valence-electron chi connectivity index (χ0n) is 13.6. The summed E-state index contributed by atoms with van der Waals surface area (Å²) in [5, 5.41) is 2.92. The Morgan fingerprint density at radius 1 is 1.12 bits per heavy atom. The number of halogens is 2. The normalized spacial score (nSPS) is 11.5. The number of nitrogens with two attached hydrogens (primary N) is 1. The van der Waals surface area contributed by atoms with E-state index in [1.807, 2.05) is 0 Å². The fraction of sp³-hybridized carbons (Fsp3) is 0.167. The largest absolute Gasteiger partial charge is 0.457 e. The van der Waals surface area contributed by atoms with Crippen molar-refractivity contribution in [3.05, 3.63) is 70.5 Å². The number of amides is 2. The minimum Gasteiger partial charge on any atom is -0.457 e. The highest BCUT2D eigenvalue weighted by molar-refractivity contribution is 6.30. The summed E-state index contributed by atoms with van der Waals surface area (Å²) in [5.74, 6) is -2.10. The van der Waals surface area contributed by atoms with Gasteiger partial charge in [0.25, 0.3) is 0 Å². The number of Topliss-reactive ketones (excluding diaryl/α,β-unsaturated/α-hetero) is 1. The third kappa shape index (κ3) is 5.56. The number of nitrogens with one attached hydrogen (secondary N) is 1. The fourth-order valence-electron chi connectivity index (χ4n) is 2.26. The number of urea groups is 1. The highest BCUT2D eigenvalue weighted by Gasteiger charge is 2.20. The molecule has 0 aliphatic carbocycles. The van der Waals surface area contributed by atoms with Gasteiger partial charge in [-0.3, -0.25) is 9.59 Å². The standard InChI is InChI=1S/C18H16ClFN2O4/c19-12-7-5-11(6-8-12)15(22-18(21)25)9-17(24)26-10-16(23)13-3-1-2-4-14(13)20/h1-8,15H,9-10H2,(H3,21,22,25)/t15-/m1/s1. The number of esters is 1. The molecular weight excluding hydrogens is 363 g/mol. The molecule has 2 rings (SSSR count). The number of rotatable bonds is 7. The van der Waals surface area contributed by atoms with Crippen molar-refractivity contribution in [3.63, 3.8) is 0 Å². The Bertz CT molecular complexity index is 811. The van der Waals surface area contributed by atoms with E-state index in [2.05, 4.69) is 5.32 Å². The summed E-state index contributed by atoms with van der Waals surface area (Å²) in [5.41, 5.74) is 5.55. The van der Waals surface area contributed by atoms with Gasteiger partial charge in [-0.2, -0.15) is 0 Å². The van der Waals surface area contributed by atoms with Crippen LogP contribution in [0.25, 0.3) is 0 Å². The summed E-state index contributed by atoms with van der Waals surface area (Å²) in [7, 11) is 0. The van der Waals surface area contributed by atoms with Crippen LogP contribution in [0.2, 0.25) is 5.02 Å². The lowest BCUT2D eigenvalue weighted by Gasteiger charge is -2.17. The van der Waals surface area contributed by atoms with Crippen molar-refractivity contribution in [2.24, 2.45) is 5.73 Å². The Balaban J connectivity index is 1.98. The summed E-state index contributed by atoms with van der Waals surface area (Å²) >= 11 is 5.81. The van der Waals surface area contributed by atoms with Crippen LogP contribution in [0, 0.1) is 5.82 Å². The van der Waals surface area contributed by atoms with Gasteiger partial charge in [0, 0.05) is 5.02 Å². The van der Waals surface area contributed by atoms with Gasteiger partial charge >= 0.3 is 12.0 Å². The predicted molar refractivity (Wildman–Crippen MR) is 93.2 cm³/mol. The maximum atomic E-state index is 13.5. The van der Waals surface area contributed by atoms with Gasteiger partial charge in [-0.1, -0.05) is 35.9 Å². The number of benzene rings is 2.